The molecule has 14 heavy (non-hydrogen) atoms. The molecular formula is C10H12N2O2. The van der Waals surface area contributed by atoms with Gasteiger partial charge in [-0.25, -0.2) is 0 Å². The molecule has 0 aliphatic rings. The van der Waals surface area contributed by atoms with Crippen LogP contribution in [-0.2, 0) is 11.3 Å². The number of fused-ring (bicyclic) bond motifs is 1. The van der Waals surface area contributed by atoms with Gasteiger partial charge >= 0.3 is 0 Å². The van der Waals surface area contributed by atoms with Gasteiger partial charge in [-0.2, -0.15) is 5.10 Å². The first kappa shape index (κ1) is 9.02. The van der Waals surface area contributed by atoms with Crippen LogP contribution in [-0.4, -0.2) is 28.6 Å². The van der Waals surface area contributed by atoms with E-state index in [2.05, 4.69) is 5.10 Å². The van der Waals surface area contributed by atoms with Crippen LogP contribution in [0.25, 0.3) is 10.9 Å². The zero-order valence-electron chi connectivity index (χ0n) is 7.97. The van der Waals surface area contributed by atoms with Crippen LogP contribution in [0, 0.1) is 0 Å². The summed E-state index contributed by atoms with van der Waals surface area (Å²) in [5.74, 6) is 0.261. The summed E-state index contributed by atoms with van der Waals surface area (Å²) < 4.78 is 6.79. The molecule has 0 saturated heterocycles. The van der Waals surface area contributed by atoms with Gasteiger partial charge in [-0.15, -0.1) is 0 Å². The maximum absolute atomic E-state index is 9.33. The highest BCUT2D eigenvalue weighted by Crippen LogP contribution is 2.19. The minimum atomic E-state index is 0.261. The van der Waals surface area contributed by atoms with E-state index in [9.17, 15) is 5.11 Å². The Morgan fingerprint density at radius 1 is 1.50 bits per heavy atom. The van der Waals surface area contributed by atoms with Gasteiger partial charge in [0.1, 0.15) is 5.75 Å². The fraction of sp³-hybridized carbons (Fsp3) is 0.300. The molecule has 2 rings (SSSR count). The fourth-order valence-corrected chi connectivity index (χ4v) is 1.41. The molecule has 0 spiro atoms. The third kappa shape index (κ3) is 1.56. The van der Waals surface area contributed by atoms with Crippen LogP contribution in [0.1, 0.15) is 0 Å². The number of phenols is 1. The zero-order chi connectivity index (χ0) is 9.97. The molecule has 0 unspecified atom stereocenters. The van der Waals surface area contributed by atoms with Gasteiger partial charge in [-0.1, -0.05) is 0 Å². The number of rotatable bonds is 3. The van der Waals surface area contributed by atoms with Crippen LogP contribution in [0.2, 0.25) is 0 Å². The molecule has 4 nitrogen and oxygen atoms in total. The van der Waals surface area contributed by atoms with Crippen LogP contribution in [0.4, 0.5) is 0 Å². The van der Waals surface area contributed by atoms with Gasteiger partial charge in [0.2, 0.25) is 0 Å². The number of methoxy groups -OCH3 is 1. The lowest BCUT2D eigenvalue weighted by molar-refractivity contribution is 0.185. The van der Waals surface area contributed by atoms with Gasteiger partial charge < -0.3 is 9.84 Å². The average Bonchev–Trinajstić information content (AvgIpc) is 2.57. The largest absolute Gasteiger partial charge is 0.508 e. The van der Waals surface area contributed by atoms with E-state index in [0.29, 0.717) is 13.2 Å². The van der Waals surface area contributed by atoms with Crippen molar-refractivity contribution in [2.45, 2.75) is 6.54 Å². The monoisotopic (exact) mass is 192 g/mol. The predicted octanol–water partition coefficient (Wildman–Crippen LogP) is 1.39. The molecule has 0 amide bonds. The molecule has 0 fully saturated rings. The van der Waals surface area contributed by atoms with Crippen molar-refractivity contribution in [3.05, 3.63) is 24.4 Å². The first-order valence-electron chi connectivity index (χ1n) is 4.45. The molecule has 0 radical (unpaired) electrons. The topological polar surface area (TPSA) is 47.3 Å². The van der Waals surface area contributed by atoms with E-state index < -0.39 is 0 Å². The van der Waals surface area contributed by atoms with E-state index in [1.807, 2.05) is 10.7 Å². The molecule has 0 bridgehead atoms. The Morgan fingerprint density at radius 2 is 2.36 bits per heavy atom. The minimum absolute atomic E-state index is 0.261. The van der Waals surface area contributed by atoms with Crippen molar-refractivity contribution in [1.82, 2.24) is 9.78 Å². The number of aromatic hydroxyl groups is 1. The zero-order valence-corrected chi connectivity index (χ0v) is 7.97. The van der Waals surface area contributed by atoms with Gasteiger partial charge in [0, 0.05) is 18.6 Å². The summed E-state index contributed by atoms with van der Waals surface area (Å²) >= 11 is 0. The van der Waals surface area contributed by atoms with E-state index in [0.717, 1.165) is 10.9 Å². The van der Waals surface area contributed by atoms with Crippen molar-refractivity contribution in [3.63, 3.8) is 0 Å². The third-order valence-corrected chi connectivity index (χ3v) is 2.14. The summed E-state index contributed by atoms with van der Waals surface area (Å²) in [7, 11) is 1.66. The van der Waals surface area contributed by atoms with E-state index >= 15 is 0 Å². The normalized spacial score (nSPS) is 10.9. The first-order chi connectivity index (χ1) is 6.81. The molecule has 0 atom stereocenters. The summed E-state index contributed by atoms with van der Waals surface area (Å²) in [6.07, 6.45) is 1.78. The number of hydrogen-bond acceptors (Lipinski definition) is 3. The summed E-state index contributed by atoms with van der Waals surface area (Å²) in [5.41, 5.74) is 0.932. The van der Waals surface area contributed by atoms with Crippen LogP contribution >= 0.6 is 0 Å². The maximum Gasteiger partial charge on any atom is 0.117 e. The second-order valence-electron chi connectivity index (χ2n) is 3.10. The van der Waals surface area contributed by atoms with Crippen molar-refractivity contribution < 1.29 is 9.84 Å². The molecule has 1 aromatic heterocycles. The van der Waals surface area contributed by atoms with Crippen LogP contribution in [0.3, 0.4) is 0 Å². The highest BCUT2D eigenvalue weighted by atomic mass is 16.5. The first-order valence-corrected chi connectivity index (χ1v) is 4.45. The van der Waals surface area contributed by atoms with E-state index in [1.165, 1.54) is 0 Å². The van der Waals surface area contributed by atoms with Gasteiger partial charge in [-0.05, 0) is 12.1 Å². The molecular weight excluding hydrogens is 180 g/mol. The second kappa shape index (κ2) is 3.67. The number of nitrogens with zero attached hydrogens (tertiary/aromatic N) is 2. The molecule has 0 saturated carbocycles. The van der Waals surface area contributed by atoms with Gasteiger partial charge in [0.25, 0.3) is 0 Å². The fourth-order valence-electron chi connectivity index (χ4n) is 1.41. The van der Waals surface area contributed by atoms with E-state index in [4.69, 9.17) is 4.74 Å². The van der Waals surface area contributed by atoms with Gasteiger partial charge in [-0.3, -0.25) is 4.68 Å². The average molecular weight is 192 g/mol. The van der Waals surface area contributed by atoms with Crippen LogP contribution in [0.15, 0.2) is 24.4 Å². The Hall–Kier alpha value is -1.55. The number of phenolic OH excluding ortho intramolecular Hbond substituents is 1. The summed E-state index contributed by atoms with van der Waals surface area (Å²) in [6, 6.07) is 5.21. The Kier molecular flexibility index (Phi) is 2.37. The third-order valence-electron chi connectivity index (χ3n) is 2.14. The minimum Gasteiger partial charge on any atom is -0.508 e. The smallest absolute Gasteiger partial charge is 0.117 e. The number of hydrogen-bond donors (Lipinski definition) is 1. The van der Waals surface area contributed by atoms with Crippen molar-refractivity contribution in [2.75, 3.05) is 13.7 Å². The summed E-state index contributed by atoms with van der Waals surface area (Å²) in [4.78, 5) is 0. The van der Waals surface area contributed by atoms with Crippen molar-refractivity contribution in [1.29, 1.82) is 0 Å². The van der Waals surface area contributed by atoms with Crippen molar-refractivity contribution >= 4 is 10.9 Å². The number of aromatic nitrogens is 2. The second-order valence-corrected chi connectivity index (χ2v) is 3.10. The Morgan fingerprint density at radius 3 is 3.14 bits per heavy atom. The molecule has 0 aliphatic heterocycles. The van der Waals surface area contributed by atoms with Crippen LogP contribution in [0.5, 0.6) is 5.75 Å². The molecule has 4 heteroatoms. The highest BCUT2D eigenvalue weighted by molar-refractivity contribution is 5.79. The molecule has 1 N–H and O–H groups in total. The number of ether oxygens (including phenoxy) is 1. The predicted molar refractivity (Wildman–Crippen MR) is 53.3 cm³/mol. The van der Waals surface area contributed by atoms with Gasteiger partial charge in [0.15, 0.2) is 0 Å². The molecule has 2 aromatic rings. The molecule has 1 aromatic carbocycles. The Labute approximate surface area is 81.7 Å². The Bertz CT molecular complexity index is 437. The Balaban J connectivity index is 2.40. The van der Waals surface area contributed by atoms with Crippen molar-refractivity contribution in [2.24, 2.45) is 0 Å². The van der Waals surface area contributed by atoms with E-state index in [1.54, 1.807) is 25.4 Å². The standard InChI is InChI=1S/C10H12N2O2/c1-14-5-4-12-10-6-9(13)3-2-8(10)7-11-12/h2-3,6-7,13H,4-5H2,1H3. The molecule has 1 heterocycles. The number of benzene rings is 1. The van der Waals surface area contributed by atoms with E-state index in [-0.39, 0.29) is 5.75 Å². The highest BCUT2D eigenvalue weighted by Gasteiger charge is 2.02. The molecule has 0 aliphatic carbocycles. The van der Waals surface area contributed by atoms with Gasteiger partial charge in [0.05, 0.1) is 24.9 Å². The lowest BCUT2D eigenvalue weighted by Crippen LogP contribution is -2.05. The summed E-state index contributed by atoms with van der Waals surface area (Å²) in [6.45, 7) is 1.32. The maximum atomic E-state index is 9.33. The lowest BCUT2D eigenvalue weighted by Gasteiger charge is -2.02. The van der Waals surface area contributed by atoms with Crippen LogP contribution < -0.4 is 0 Å². The lowest BCUT2D eigenvalue weighted by atomic mass is 10.2. The SMILES string of the molecule is COCCn1ncc2ccc(O)cc21. The quantitative estimate of drug-likeness (QED) is 0.799. The van der Waals surface area contributed by atoms with Crippen molar-refractivity contribution in [3.8, 4) is 5.75 Å². The summed E-state index contributed by atoms with van der Waals surface area (Å²) in [5, 5.41) is 14.6. The molecule has 74 valence electrons.